The molecule has 3 rings (SSSR count). The molecular formula is C13H14N2O2. The first-order valence-electron chi connectivity index (χ1n) is 5.72. The van der Waals surface area contributed by atoms with Crippen LogP contribution in [-0.2, 0) is 17.9 Å². The molecule has 88 valence electrons. The molecule has 1 aliphatic rings. The number of benzene rings is 1. The number of aromatic nitrogens is 1. The van der Waals surface area contributed by atoms with E-state index < -0.39 is 0 Å². The second kappa shape index (κ2) is 4.69. The standard InChI is InChI=1S/C13H14N2O2/c1-2-4-12-10(3-1)8-16-9-13(12)14-7-11-5-6-15-17-11/h1-6,13-14H,7-9H2. The Labute approximate surface area is 99.6 Å². The molecule has 0 amide bonds. The van der Waals surface area contributed by atoms with Crippen molar-refractivity contribution in [1.82, 2.24) is 10.5 Å². The van der Waals surface area contributed by atoms with Crippen LogP contribution in [0.3, 0.4) is 0 Å². The van der Waals surface area contributed by atoms with Crippen molar-refractivity contribution in [2.45, 2.75) is 19.2 Å². The van der Waals surface area contributed by atoms with Gasteiger partial charge in [-0.2, -0.15) is 0 Å². The van der Waals surface area contributed by atoms with Gasteiger partial charge in [-0.3, -0.25) is 0 Å². The van der Waals surface area contributed by atoms with Gasteiger partial charge in [-0.05, 0) is 11.1 Å². The van der Waals surface area contributed by atoms with E-state index in [0.29, 0.717) is 19.8 Å². The van der Waals surface area contributed by atoms with Gasteiger partial charge in [-0.15, -0.1) is 0 Å². The van der Waals surface area contributed by atoms with Gasteiger partial charge in [0.1, 0.15) is 5.76 Å². The molecule has 2 heterocycles. The van der Waals surface area contributed by atoms with Gasteiger partial charge in [0.15, 0.2) is 0 Å². The van der Waals surface area contributed by atoms with Crippen molar-refractivity contribution in [3.63, 3.8) is 0 Å². The molecule has 1 N–H and O–H groups in total. The van der Waals surface area contributed by atoms with E-state index >= 15 is 0 Å². The average molecular weight is 230 g/mol. The summed E-state index contributed by atoms with van der Waals surface area (Å²) in [5, 5.41) is 7.11. The van der Waals surface area contributed by atoms with E-state index in [4.69, 9.17) is 9.26 Å². The smallest absolute Gasteiger partial charge is 0.150 e. The molecule has 0 saturated heterocycles. The lowest BCUT2D eigenvalue weighted by atomic mass is 9.99. The summed E-state index contributed by atoms with van der Waals surface area (Å²) in [5.74, 6) is 0.841. The lowest BCUT2D eigenvalue weighted by Crippen LogP contribution is -2.29. The molecule has 1 atom stereocenters. The average Bonchev–Trinajstić information content (AvgIpc) is 2.89. The maximum atomic E-state index is 5.57. The summed E-state index contributed by atoms with van der Waals surface area (Å²) in [7, 11) is 0. The molecule has 0 spiro atoms. The van der Waals surface area contributed by atoms with Crippen molar-refractivity contribution in [1.29, 1.82) is 0 Å². The Balaban J connectivity index is 1.72. The first-order chi connectivity index (χ1) is 8.43. The van der Waals surface area contributed by atoms with Crippen molar-refractivity contribution in [2.24, 2.45) is 0 Å². The Morgan fingerprint density at radius 3 is 3.12 bits per heavy atom. The fraction of sp³-hybridized carbons (Fsp3) is 0.308. The number of fused-ring (bicyclic) bond motifs is 1. The zero-order chi connectivity index (χ0) is 11.5. The minimum absolute atomic E-state index is 0.227. The number of ether oxygens (including phenoxy) is 1. The number of rotatable bonds is 3. The van der Waals surface area contributed by atoms with Crippen LogP contribution in [0.1, 0.15) is 22.9 Å². The molecule has 4 heteroatoms. The maximum Gasteiger partial charge on any atom is 0.150 e. The van der Waals surface area contributed by atoms with E-state index in [0.717, 1.165) is 5.76 Å². The molecule has 2 aromatic rings. The van der Waals surface area contributed by atoms with Crippen LogP contribution in [-0.4, -0.2) is 11.8 Å². The molecule has 0 bridgehead atoms. The highest BCUT2D eigenvalue weighted by atomic mass is 16.5. The second-order valence-corrected chi connectivity index (χ2v) is 4.13. The molecule has 0 saturated carbocycles. The number of hydrogen-bond acceptors (Lipinski definition) is 4. The van der Waals surface area contributed by atoms with Crippen molar-refractivity contribution in [3.8, 4) is 0 Å². The van der Waals surface area contributed by atoms with Gasteiger partial charge < -0.3 is 14.6 Å². The summed E-state index contributed by atoms with van der Waals surface area (Å²) in [6.45, 7) is 2.07. The third-order valence-electron chi connectivity index (χ3n) is 2.99. The minimum Gasteiger partial charge on any atom is -0.375 e. The van der Waals surface area contributed by atoms with Crippen molar-refractivity contribution >= 4 is 0 Å². The zero-order valence-corrected chi connectivity index (χ0v) is 9.43. The second-order valence-electron chi connectivity index (χ2n) is 4.13. The van der Waals surface area contributed by atoms with Crippen LogP contribution in [0.5, 0.6) is 0 Å². The molecule has 1 aromatic heterocycles. The van der Waals surface area contributed by atoms with Crippen molar-refractivity contribution in [2.75, 3.05) is 6.61 Å². The Morgan fingerprint density at radius 1 is 1.29 bits per heavy atom. The van der Waals surface area contributed by atoms with Crippen LogP contribution in [0.4, 0.5) is 0 Å². The highest BCUT2D eigenvalue weighted by molar-refractivity contribution is 5.31. The largest absolute Gasteiger partial charge is 0.375 e. The van der Waals surface area contributed by atoms with Crippen LogP contribution in [0.15, 0.2) is 41.1 Å². The highest BCUT2D eigenvalue weighted by Gasteiger charge is 2.19. The van der Waals surface area contributed by atoms with Gasteiger partial charge in [0.05, 0.1) is 32.0 Å². The summed E-state index contributed by atoms with van der Waals surface area (Å²) in [6.07, 6.45) is 1.66. The molecule has 1 aromatic carbocycles. The fourth-order valence-electron chi connectivity index (χ4n) is 2.11. The van der Waals surface area contributed by atoms with Gasteiger partial charge in [0.25, 0.3) is 0 Å². The lowest BCUT2D eigenvalue weighted by molar-refractivity contribution is 0.0809. The molecular weight excluding hydrogens is 216 g/mol. The molecule has 0 radical (unpaired) electrons. The van der Waals surface area contributed by atoms with Gasteiger partial charge in [0, 0.05) is 6.07 Å². The third kappa shape index (κ3) is 2.23. The normalized spacial score (nSPS) is 18.9. The summed E-state index contributed by atoms with van der Waals surface area (Å²) in [4.78, 5) is 0. The Hall–Kier alpha value is -1.65. The van der Waals surface area contributed by atoms with E-state index in [1.54, 1.807) is 6.20 Å². The van der Waals surface area contributed by atoms with Gasteiger partial charge in [0.2, 0.25) is 0 Å². The summed E-state index contributed by atoms with van der Waals surface area (Å²) >= 11 is 0. The van der Waals surface area contributed by atoms with Gasteiger partial charge in [-0.25, -0.2) is 0 Å². The van der Waals surface area contributed by atoms with E-state index in [1.807, 2.05) is 12.1 Å². The van der Waals surface area contributed by atoms with E-state index in [9.17, 15) is 0 Å². The Kier molecular flexibility index (Phi) is 2.90. The number of nitrogens with zero attached hydrogens (tertiary/aromatic N) is 1. The Bertz CT molecular complexity index is 482. The minimum atomic E-state index is 0.227. The maximum absolute atomic E-state index is 5.57. The van der Waals surface area contributed by atoms with Gasteiger partial charge in [-0.1, -0.05) is 29.4 Å². The summed E-state index contributed by atoms with van der Waals surface area (Å²) in [6, 6.07) is 10.5. The number of hydrogen-bond donors (Lipinski definition) is 1. The van der Waals surface area contributed by atoms with Crippen LogP contribution < -0.4 is 5.32 Å². The summed E-state index contributed by atoms with van der Waals surface area (Å²) < 4.78 is 10.6. The first kappa shape index (κ1) is 10.5. The zero-order valence-electron chi connectivity index (χ0n) is 9.43. The van der Waals surface area contributed by atoms with E-state index in [1.165, 1.54) is 11.1 Å². The molecule has 0 fully saturated rings. The summed E-state index contributed by atoms with van der Waals surface area (Å²) in [5.41, 5.74) is 2.58. The van der Waals surface area contributed by atoms with Crippen molar-refractivity contribution in [3.05, 3.63) is 53.4 Å². The molecule has 4 nitrogen and oxygen atoms in total. The Morgan fingerprint density at radius 2 is 2.24 bits per heavy atom. The molecule has 0 aliphatic carbocycles. The lowest BCUT2D eigenvalue weighted by Gasteiger charge is -2.26. The third-order valence-corrected chi connectivity index (χ3v) is 2.99. The number of nitrogens with one attached hydrogen (secondary N) is 1. The fourth-order valence-corrected chi connectivity index (χ4v) is 2.11. The molecule has 1 aliphatic heterocycles. The van der Waals surface area contributed by atoms with Crippen LogP contribution in [0, 0.1) is 0 Å². The topological polar surface area (TPSA) is 47.3 Å². The van der Waals surface area contributed by atoms with Crippen molar-refractivity contribution < 1.29 is 9.26 Å². The SMILES string of the molecule is c1ccc2c(c1)COCC2NCc1ccno1. The quantitative estimate of drug-likeness (QED) is 0.876. The first-order valence-corrected chi connectivity index (χ1v) is 5.72. The van der Waals surface area contributed by atoms with Gasteiger partial charge >= 0.3 is 0 Å². The monoisotopic (exact) mass is 230 g/mol. The predicted molar refractivity (Wildman–Crippen MR) is 62.2 cm³/mol. The van der Waals surface area contributed by atoms with Crippen LogP contribution >= 0.6 is 0 Å². The van der Waals surface area contributed by atoms with Crippen LogP contribution in [0.2, 0.25) is 0 Å². The predicted octanol–water partition coefficient (Wildman–Crippen LogP) is 2.04. The molecule has 17 heavy (non-hydrogen) atoms. The molecule has 1 unspecified atom stereocenters. The van der Waals surface area contributed by atoms with E-state index in [2.05, 4.69) is 28.7 Å². The van der Waals surface area contributed by atoms with E-state index in [-0.39, 0.29) is 6.04 Å². The van der Waals surface area contributed by atoms with Crippen LogP contribution in [0.25, 0.3) is 0 Å². The highest BCUT2D eigenvalue weighted by Crippen LogP contribution is 2.24.